The van der Waals surface area contributed by atoms with E-state index in [4.69, 9.17) is 0 Å². The smallest absolute Gasteiger partial charge is 0.341 e. The van der Waals surface area contributed by atoms with Crippen LogP contribution in [0.4, 0.5) is 10.1 Å². The van der Waals surface area contributed by atoms with Gasteiger partial charge < -0.3 is 4.90 Å². The van der Waals surface area contributed by atoms with Crippen molar-refractivity contribution in [1.82, 2.24) is 0 Å². The summed E-state index contributed by atoms with van der Waals surface area (Å²) in [6.45, 7) is 0.271. The molecule has 1 atom stereocenters. The molecule has 0 N–H and O–H groups in total. The molecule has 34 heavy (non-hydrogen) atoms. The fourth-order valence-corrected chi connectivity index (χ4v) is 10.4. The lowest BCUT2D eigenvalue weighted by molar-refractivity contribution is 0.297. The van der Waals surface area contributed by atoms with Gasteiger partial charge in [-0.05, 0) is 52.6 Å². The van der Waals surface area contributed by atoms with E-state index in [0.29, 0.717) is 17.7 Å². The van der Waals surface area contributed by atoms with Gasteiger partial charge in [-0.2, -0.15) is 0 Å². The number of nitrogens with zero attached hydrogens (tertiary/aromatic N) is 1. The molecule has 0 aromatic heterocycles. The van der Waals surface area contributed by atoms with Gasteiger partial charge in [0.05, 0.1) is 9.79 Å². The normalized spacial score (nSPS) is 21.7. The summed E-state index contributed by atoms with van der Waals surface area (Å²) in [6.07, 6.45) is 0.530. The van der Waals surface area contributed by atoms with E-state index in [-0.39, 0.29) is 6.54 Å². The number of alkyl halides is 1. The van der Waals surface area contributed by atoms with E-state index in [1.807, 2.05) is 36.4 Å². The fraction of sp³-hybridized carbons (Fsp3) is 0.154. The lowest BCUT2D eigenvalue weighted by Gasteiger charge is -2.43. The number of hydrogen-bond acceptors (Lipinski definition) is 5. The van der Waals surface area contributed by atoms with E-state index in [2.05, 4.69) is 0 Å². The Morgan fingerprint density at radius 1 is 0.735 bits per heavy atom. The quantitative estimate of drug-likeness (QED) is 0.400. The van der Waals surface area contributed by atoms with E-state index in [1.165, 1.54) is 24.3 Å². The van der Waals surface area contributed by atoms with Crippen molar-refractivity contribution in [3.8, 4) is 0 Å². The summed E-state index contributed by atoms with van der Waals surface area (Å²) < 4.78 is 68.2. The van der Waals surface area contributed by atoms with Gasteiger partial charge in [0, 0.05) is 12.2 Å². The predicted molar refractivity (Wildman–Crippen MR) is 129 cm³/mol. The Bertz CT molecular complexity index is 1630. The first-order valence-corrected chi connectivity index (χ1v) is 13.8. The molecule has 0 saturated heterocycles. The van der Waals surface area contributed by atoms with E-state index in [9.17, 15) is 16.8 Å². The van der Waals surface area contributed by atoms with Gasteiger partial charge in [0.2, 0.25) is 19.7 Å². The van der Waals surface area contributed by atoms with Crippen molar-refractivity contribution in [3.63, 3.8) is 0 Å². The summed E-state index contributed by atoms with van der Waals surface area (Å²) in [5.74, 6) is 0. The van der Waals surface area contributed by atoms with Gasteiger partial charge in [-0.1, -0.05) is 66.7 Å². The molecule has 172 valence electrons. The monoisotopic (exact) mass is 493 g/mol. The molecule has 2 aliphatic rings. The zero-order valence-electron chi connectivity index (χ0n) is 17.9. The first-order valence-electron chi connectivity index (χ1n) is 10.9. The number of fused-ring (bicyclic) bond motifs is 3. The van der Waals surface area contributed by atoms with Gasteiger partial charge in [-0.25, -0.2) is 21.2 Å². The molecule has 0 radical (unpaired) electrons. The molecule has 0 fully saturated rings. The first-order chi connectivity index (χ1) is 16.3. The number of sulfone groups is 2. The molecule has 1 unspecified atom stereocenters. The van der Waals surface area contributed by atoms with E-state index >= 15 is 4.39 Å². The molecular weight excluding hydrogens is 473 g/mol. The van der Waals surface area contributed by atoms with Crippen molar-refractivity contribution in [1.29, 1.82) is 0 Å². The average Bonchev–Trinajstić information content (AvgIpc) is 2.98. The highest BCUT2D eigenvalue weighted by Gasteiger charge is 2.70. The molecule has 4 aromatic carbocycles. The third-order valence-electron chi connectivity index (χ3n) is 6.84. The van der Waals surface area contributed by atoms with Gasteiger partial charge in [0.1, 0.15) is 6.04 Å². The number of anilines is 1. The van der Waals surface area contributed by atoms with Gasteiger partial charge >= 0.3 is 4.33 Å². The number of halogens is 1. The predicted octanol–water partition coefficient (Wildman–Crippen LogP) is 4.83. The van der Waals surface area contributed by atoms with Crippen LogP contribution in [0.5, 0.6) is 0 Å². The molecule has 5 nitrogen and oxygen atoms in total. The lowest BCUT2D eigenvalue weighted by Crippen LogP contribution is -2.53. The molecule has 0 amide bonds. The highest BCUT2D eigenvalue weighted by Crippen LogP contribution is 2.56. The Morgan fingerprint density at radius 2 is 1.32 bits per heavy atom. The van der Waals surface area contributed by atoms with E-state index in [1.54, 1.807) is 35.2 Å². The Kier molecular flexibility index (Phi) is 4.47. The second-order valence-corrected chi connectivity index (χ2v) is 13.0. The van der Waals surface area contributed by atoms with Crippen LogP contribution in [0.1, 0.15) is 17.2 Å². The highest BCUT2D eigenvalue weighted by molar-refractivity contribution is 8.12. The van der Waals surface area contributed by atoms with Crippen LogP contribution in [-0.2, 0) is 26.1 Å². The fourth-order valence-electron chi connectivity index (χ4n) is 5.20. The van der Waals surface area contributed by atoms with Crippen molar-refractivity contribution in [2.75, 3.05) is 11.4 Å². The van der Waals surface area contributed by atoms with Crippen LogP contribution in [-0.4, -0.2) is 27.7 Å². The third-order valence-corrected chi connectivity index (χ3v) is 12.1. The Labute approximate surface area is 197 Å². The molecule has 0 saturated carbocycles. The molecule has 4 aromatic rings. The van der Waals surface area contributed by atoms with Crippen molar-refractivity contribution in [3.05, 3.63) is 102 Å². The van der Waals surface area contributed by atoms with Crippen LogP contribution < -0.4 is 4.90 Å². The summed E-state index contributed by atoms with van der Waals surface area (Å²) in [4.78, 5) is 0.619. The minimum absolute atomic E-state index is 0.271. The second kappa shape index (κ2) is 7.13. The molecule has 2 heterocycles. The van der Waals surface area contributed by atoms with Gasteiger partial charge in [-0.3, -0.25) is 0 Å². The topological polar surface area (TPSA) is 71.5 Å². The van der Waals surface area contributed by atoms with Gasteiger partial charge in [0.15, 0.2) is 0 Å². The van der Waals surface area contributed by atoms with E-state index < -0.39 is 39.8 Å². The first kappa shape index (κ1) is 21.3. The SMILES string of the molecule is O=S1(=O)c2ccccc2S(=O)(=O)C1(F)C1c2ccccc2CCN1c1ccc2ccccc2c1. The molecule has 0 bridgehead atoms. The van der Waals surface area contributed by atoms with Crippen molar-refractivity contribution >= 4 is 36.1 Å². The maximum atomic E-state index is 17.3. The Morgan fingerprint density at radius 3 is 2.03 bits per heavy atom. The summed E-state index contributed by atoms with van der Waals surface area (Å²) in [5, 5.41) is 1.87. The van der Waals surface area contributed by atoms with Crippen LogP contribution in [0.25, 0.3) is 10.8 Å². The van der Waals surface area contributed by atoms with Crippen molar-refractivity contribution < 1.29 is 21.2 Å². The Hall–Kier alpha value is -3.23. The average molecular weight is 494 g/mol. The number of hydrogen-bond donors (Lipinski definition) is 0. The standard InChI is InChI=1S/C26H20FNO4S2/c27-26(33(29,30)23-11-5-6-12-24(23)34(26,31)32)25-22-10-4-3-8-19(22)15-16-28(25)21-14-13-18-7-1-2-9-20(18)17-21/h1-14,17,25H,15-16H2. The van der Waals surface area contributed by atoms with Crippen LogP contribution in [0.15, 0.2) is 101 Å². The molecular formula is C26H20FNO4S2. The number of benzene rings is 4. The largest absolute Gasteiger partial charge is 0.359 e. The van der Waals surface area contributed by atoms with Crippen molar-refractivity contribution in [2.24, 2.45) is 0 Å². The summed E-state index contributed by atoms with van der Waals surface area (Å²) in [5.41, 5.74) is 1.67. The van der Waals surface area contributed by atoms with Crippen LogP contribution >= 0.6 is 0 Å². The molecule has 2 aliphatic heterocycles. The van der Waals surface area contributed by atoms with Crippen LogP contribution in [0, 0.1) is 0 Å². The maximum Gasteiger partial charge on any atom is 0.341 e. The number of rotatable bonds is 2. The zero-order chi connectivity index (χ0) is 23.7. The third kappa shape index (κ3) is 2.63. The van der Waals surface area contributed by atoms with E-state index in [0.717, 1.165) is 16.3 Å². The summed E-state index contributed by atoms with van der Waals surface area (Å²) in [6, 6.07) is 23.6. The molecule has 0 spiro atoms. The summed E-state index contributed by atoms with van der Waals surface area (Å²) >= 11 is 0. The maximum absolute atomic E-state index is 17.3. The zero-order valence-corrected chi connectivity index (χ0v) is 19.6. The van der Waals surface area contributed by atoms with Crippen LogP contribution in [0.3, 0.4) is 0 Å². The summed E-state index contributed by atoms with van der Waals surface area (Å²) in [7, 11) is -9.75. The van der Waals surface area contributed by atoms with Gasteiger partial charge in [0.25, 0.3) is 0 Å². The molecule has 8 heteroatoms. The van der Waals surface area contributed by atoms with Gasteiger partial charge in [-0.15, -0.1) is 0 Å². The van der Waals surface area contributed by atoms with Crippen molar-refractivity contribution in [2.45, 2.75) is 26.6 Å². The Balaban J connectivity index is 1.64. The second-order valence-electron chi connectivity index (χ2n) is 8.61. The minimum Gasteiger partial charge on any atom is -0.359 e. The molecule has 6 rings (SSSR count). The highest BCUT2D eigenvalue weighted by atomic mass is 32.3. The minimum atomic E-state index is -4.88. The molecule has 0 aliphatic carbocycles. The van der Waals surface area contributed by atoms with Crippen LogP contribution in [0.2, 0.25) is 0 Å². The lowest BCUT2D eigenvalue weighted by atomic mass is 9.92.